The first-order valence-corrected chi connectivity index (χ1v) is 8.79. The molecule has 0 saturated heterocycles. The van der Waals surface area contributed by atoms with Crippen LogP contribution in [0.4, 0.5) is 0 Å². The Kier molecular flexibility index (Phi) is 6.48. The van der Waals surface area contributed by atoms with Crippen molar-refractivity contribution in [3.63, 3.8) is 0 Å². The molecule has 0 atom stereocenters. The second-order valence-corrected chi connectivity index (χ2v) is 9.74. The van der Waals surface area contributed by atoms with E-state index in [4.69, 9.17) is 6.64 Å². The van der Waals surface area contributed by atoms with Crippen LogP contribution in [0.2, 0.25) is 9.45 Å². The van der Waals surface area contributed by atoms with Crippen molar-refractivity contribution in [3.8, 4) is 0 Å². The summed E-state index contributed by atoms with van der Waals surface area (Å²) in [6, 6.07) is 0. The molecule has 0 fully saturated rings. The summed E-state index contributed by atoms with van der Waals surface area (Å²) in [6.45, 7) is 12.7. The van der Waals surface area contributed by atoms with Crippen LogP contribution in [-0.4, -0.2) is 12.2 Å². The Morgan fingerprint density at radius 1 is 0.846 bits per heavy atom. The third-order valence-corrected chi connectivity index (χ3v) is 8.16. The molecule has 0 saturated carbocycles. The molecule has 13 heavy (non-hydrogen) atoms. The molecular formula is C10H24O2Ti. The minimum absolute atomic E-state index is 0.304. The third-order valence-electron chi connectivity index (χ3n) is 1.98. The molecular weight excluding hydrogens is 200 g/mol. The Bertz CT molecular complexity index is 119. The van der Waals surface area contributed by atoms with Crippen LogP contribution in [0.3, 0.4) is 0 Å². The van der Waals surface area contributed by atoms with Crippen molar-refractivity contribution in [2.24, 2.45) is 0 Å². The number of hydrogen-bond acceptors (Lipinski definition) is 2. The Hall–Kier alpha value is 0.634. The molecule has 0 unspecified atom stereocenters. The van der Waals surface area contributed by atoms with Crippen LogP contribution in [0.5, 0.6) is 0 Å². The first kappa shape index (κ1) is 13.6. The van der Waals surface area contributed by atoms with E-state index in [0.717, 1.165) is 9.45 Å². The summed E-state index contributed by atoms with van der Waals surface area (Å²) >= 11 is -2.39. The van der Waals surface area contributed by atoms with Crippen LogP contribution in [0.15, 0.2) is 0 Å². The Morgan fingerprint density at radius 2 is 1.15 bits per heavy atom. The van der Waals surface area contributed by atoms with Crippen LogP contribution < -0.4 is 0 Å². The molecule has 3 heteroatoms. The summed E-state index contributed by atoms with van der Waals surface area (Å²) in [6.07, 6.45) is 0.609. The molecule has 0 aromatic carbocycles. The molecule has 0 rings (SSSR count). The molecule has 0 N–H and O–H groups in total. The van der Waals surface area contributed by atoms with Crippen LogP contribution >= 0.6 is 0 Å². The average molecular weight is 224 g/mol. The molecule has 0 aliphatic rings. The SMILES string of the molecule is C[CH2][Ti]([CH2]C)([O]C(C)C)[O]C(C)C. The van der Waals surface area contributed by atoms with Gasteiger partial charge in [0.2, 0.25) is 0 Å². The van der Waals surface area contributed by atoms with Crippen molar-refractivity contribution in [1.82, 2.24) is 0 Å². The first-order valence-electron chi connectivity index (χ1n) is 5.31. The van der Waals surface area contributed by atoms with Crippen molar-refractivity contribution < 1.29 is 24.0 Å². The number of hydrogen-bond donors (Lipinski definition) is 0. The monoisotopic (exact) mass is 224 g/mol. The van der Waals surface area contributed by atoms with Gasteiger partial charge in [-0.15, -0.1) is 0 Å². The van der Waals surface area contributed by atoms with Gasteiger partial charge in [0.15, 0.2) is 0 Å². The summed E-state index contributed by atoms with van der Waals surface area (Å²) < 4.78 is 14.2. The van der Waals surface area contributed by atoms with Gasteiger partial charge in [0.25, 0.3) is 0 Å². The molecule has 2 nitrogen and oxygen atoms in total. The van der Waals surface area contributed by atoms with Crippen molar-refractivity contribution in [3.05, 3.63) is 0 Å². The van der Waals surface area contributed by atoms with E-state index in [1.54, 1.807) is 0 Å². The van der Waals surface area contributed by atoms with Crippen molar-refractivity contribution in [1.29, 1.82) is 0 Å². The van der Waals surface area contributed by atoms with E-state index >= 15 is 0 Å². The predicted molar refractivity (Wildman–Crippen MR) is 53.4 cm³/mol. The van der Waals surface area contributed by atoms with E-state index in [1.807, 2.05) is 0 Å². The van der Waals surface area contributed by atoms with Crippen LogP contribution in [0.1, 0.15) is 41.5 Å². The molecule has 80 valence electrons. The predicted octanol–water partition coefficient (Wildman–Crippen LogP) is 3.70. The van der Waals surface area contributed by atoms with Gasteiger partial charge in [0.1, 0.15) is 0 Å². The molecule has 0 amide bonds. The maximum atomic E-state index is 6.01. The topological polar surface area (TPSA) is 18.5 Å². The molecule has 0 spiro atoms. The average Bonchev–Trinajstić information content (AvgIpc) is 2.01. The van der Waals surface area contributed by atoms with Crippen molar-refractivity contribution >= 4 is 0 Å². The maximum absolute atomic E-state index is 6.01. The molecule has 0 heterocycles. The summed E-state index contributed by atoms with van der Waals surface area (Å²) in [4.78, 5) is 0. The molecule has 0 aliphatic carbocycles. The van der Waals surface area contributed by atoms with Crippen LogP contribution in [0, 0.1) is 0 Å². The standard InChI is InChI=1S/2C3H7O.2C2H5.Ti/c2*1-3(2)4;2*1-2;/h2*3H,1-2H3;2*1H2,2H3;/q2*-1;;;+2. The van der Waals surface area contributed by atoms with Crippen molar-refractivity contribution in [2.75, 3.05) is 0 Å². The zero-order chi connectivity index (χ0) is 10.5. The summed E-state index contributed by atoms with van der Waals surface area (Å²) in [5.74, 6) is 0. The quantitative estimate of drug-likeness (QED) is 0.640. The van der Waals surface area contributed by atoms with Gasteiger partial charge in [-0.3, -0.25) is 0 Å². The zero-order valence-electron chi connectivity index (χ0n) is 9.89. The van der Waals surface area contributed by atoms with E-state index in [9.17, 15) is 0 Å². The van der Waals surface area contributed by atoms with Gasteiger partial charge in [-0.2, -0.15) is 0 Å². The fraction of sp³-hybridized carbons (Fsp3) is 1.00. The minimum atomic E-state index is -2.39. The fourth-order valence-electron chi connectivity index (χ4n) is 1.47. The van der Waals surface area contributed by atoms with Gasteiger partial charge in [0, 0.05) is 0 Å². The second kappa shape index (κ2) is 6.18. The molecule has 0 aromatic heterocycles. The normalized spacial score (nSPS) is 12.9. The van der Waals surface area contributed by atoms with Gasteiger partial charge < -0.3 is 0 Å². The number of rotatable bonds is 6. The Morgan fingerprint density at radius 3 is 1.31 bits per heavy atom. The summed E-state index contributed by atoms with van der Waals surface area (Å²) in [5.41, 5.74) is 0. The van der Waals surface area contributed by atoms with Gasteiger partial charge in [-0.1, -0.05) is 0 Å². The van der Waals surface area contributed by atoms with Gasteiger partial charge in [-0.05, 0) is 0 Å². The zero-order valence-corrected chi connectivity index (χ0v) is 11.4. The van der Waals surface area contributed by atoms with E-state index in [0.29, 0.717) is 12.2 Å². The first-order chi connectivity index (χ1) is 5.95. The van der Waals surface area contributed by atoms with Crippen LogP contribution in [-0.2, 0) is 24.0 Å². The molecule has 0 bridgehead atoms. The molecule has 0 aromatic rings. The Balaban J connectivity index is 4.30. The second-order valence-electron chi connectivity index (χ2n) is 3.95. The van der Waals surface area contributed by atoms with Crippen LogP contribution in [0.25, 0.3) is 0 Å². The van der Waals surface area contributed by atoms with E-state index < -0.39 is 17.4 Å². The molecule has 0 aliphatic heterocycles. The van der Waals surface area contributed by atoms with E-state index in [2.05, 4.69) is 41.5 Å². The Labute approximate surface area is 87.3 Å². The van der Waals surface area contributed by atoms with E-state index in [-0.39, 0.29) is 0 Å². The van der Waals surface area contributed by atoms with Gasteiger partial charge in [0.05, 0.1) is 0 Å². The van der Waals surface area contributed by atoms with Gasteiger partial charge in [-0.25, -0.2) is 0 Å². The third kappa shape index (κ3) is 5.16. The van der Waals surface area contributed by atoms with Gasteiger partial charge >= 0.3 is 87.2 Å². The van der Waals surface area contributed by atoms with Crippen molar-refractivity contribution in [2.45, 2.75) is 63.2 Å². The van der Waals surface area contributed by atoms with E-state index in [1.165, 1.54) is 0 Å². The molecule has 0 radical (unpaired) electrons. The fourth-order valence-corrected chi connectivity index (χ4v) is 6.06. The summed E-state index contributed by atoms with van der Waals surface area (Å²) in [7, 11) is 0. The summed E-state index contributed by atoms with van der Waals surface area (Å²) in [5, 5.41) is 0.